The molecule has 0 bridgehead atoms. The molecule has 2 rings (SSSR count). The number of aliphatic carboxylic acids is 1. The Morgan fingerprint density at radius 3 is 2.53 bits per heavy atom. The minimum absolute atomic E-state index is 0.0120. The summed E-state index contributed by atoms with van der Waals surface area (Å²) in [6.07, 6.45) is 4.12. The monoisotopic (exact) mass is 270 g/mol. The van der Waals surface area contributed by atoms with Crippen LogP contribution >= 0.6 is 0 Å². The van der Waals surface area contributed by atoms with Crippen LogP contribution in [0.2, 0.25) is 0 Å². The number of urea groups is 1. The van der Waals surface area contributed by atoms with E-state index in [1.807, 2.05) is 0 Å². The lowest BCUT2D eigenvalue weighted by molar-refractivity contribution is -0.139. The van der Waals surface area contributed by atoms with Crippen LogP contribution in [0.3, 0.4) is 0 Å². The van der Waals surface area contributed by atoms with E-state index in [4.69, 9.17) is 5.11 Å². The van der Waals surface area contributed by atoms with E-state index in [0.29, 0.717) is 19.6 Å². The lowest BCUT2D eigenvalue weighted by Gasteiger charge is -2.43. The average molecular weight is 270 g/mol. The third-order valence-corrected chi connectivity index (χ3v) is 4.02. The van der Waals surface area contributed by atoms with Crippen LogP contribution in [0.4, 0.5) is 4.79 Å². The number of carboxylic acids is 1. The first-order chi connectivity index (χ1) is 9.11. The van der Waals surface area contributed by atoms with Gasteiger partial charge in [-0.05, 0) is 12.8 Å². The van der Waals surface area contributed by atoms with Crippen LogP contribution in [0.15, 0.2) is 0 Å². The summed E-state index contributed by atoms with van der Waals surface area (Å²) in [5.41, 5.74) is 0. The van der Waals surface area contributed by atoms with Crippen LogP contribution in [0, 0.1) is 5.92 Å². The second-order valence-electron chi connectivity index (χ2n) is 5.53. The Hall–Kier alpha value is -1.30. The fourth-order valence-electron chi connectivity index (χ4n) is 2.90. The van der Waals surface area contributed by atoms with Crippen molar-refractivity contribution in [1.82, 2.24) is 9.80 Å². The number of rotatable bonds is 3. The van der Waals surface area contributed by atoms with Crippen molar-refractivity contribution in [2.75, 3.05) is 26.2 Å². The standard InChI is InChI=1S/C13H22N2O4/c16-9-11-4-2-1-3-5-15(11)13(19)14-7-10(8-14)6-12(17)18/h10-11,16H,1-9H2,(H,17,18). The molecule has 0 aromatic rings. The quantitative estimate of drug-likeness (QED) is 0.793. The fraction of sp³-hybridized carbons (Fsp3) is 0.846. The smallest absolute Gasteiger partial charge is 0.320 e. The van der Waals surface area contributed by atoms with Crippen molar-refractivity contribution in [1.29, 1.82) is 0 Å². The first-order valence-electron chi connectivity index (χ1n) is 7.00. The van der Waals surface area contributed by atoms with E-state index in [2.05, 4.69) is 0 Å². The maximum absolute atomic E-state index is 12.3. The number of hydrogen-bond acceptors (Lipinski definition) is 3. The van der Waals surface area contributed by atoms with Gasteiger partial charge in [-0.15, -0.1) is 0 Å². The van der Waals surface area contributed by atoms with Crippen molar-refractivity contribution >= 4 is 12.0 Å². The largest absolute Gasteiger partial charge is 0.481 e. The van der Waals surface area contributed by atoms with E-state index in [-0.39, 0.29) is 31.0 Å². The highest BCUT2D eigenvalue weighted by Crippen LogP contribution is 2.24. The van der Waals surface area contributed by atoms with Gasteiger partial charge in [0.1, 0.15) is 0 Å². The molecule has 0 saturated carbocycles. The van der Waals surface area contributed by atoms with Crippen molar-refractivity contribution in [2.45, 2.75) is 38.1 Å². The number of nitrogens with zero attached hydrogens (tertiary/aromatic N) is 2. The molecular formula is C13H22N2O4. The Kier molecular flexibility index (Phi) is 4.63. The maximum atomic E-state index is 12.3. The summed E-state index contributed by atoms with van der Waals surface area (Å²) in [5.74, 6) is -0.721. The molecule has 19 heavy (non-hydrogen) atoms. The zero-order valence-electron chi connectivity index (χ0n) is 11.1. The van der Waals surface area contributed by atoms with Crippen LogP contribution in [0.1, 0.15) is 32.1 Å². The second-order valence-corrected chi connectivity index (χ2v) is 5.53. The molecule has 108 valence electrons. The van der Waals surface area contributed by atoms with Gasteiger partial charge in [0.15, 0.2) is 0 Å². The molecule has 0 radical (unpaired) electrons. The normalized spacial score (nSPS) is 24.8. The fourth-order valence-corrected chi connectivity index (χ4v) is 2.90. The van der Waals surface area contributed by atoms with Gasteiger partial charge in [-0.1, -0.05) is 12.8 Å². The number of aliphatic hydroxyl groups is 1. The van der Waals surface area contributed by atoms with E-state index < -0.39 is 5.97 Å². The number of carbonyl (C=O) groups excluding carboxylic acids is 1. The van der Waals surface area contributed by atoms with Gasteiger partial charge in [0.25, 0.3) is 0 Å². The van der Waals surface area contributed by atoms with E-state index in [1.54, 1.807) is 9.80 Å². The van der Waals surface area contributed by atoms with Crippen LogP contribution in [-0.2, 0) is 4.79 Å². The molecular weight excluding hydrogens is 248 g/mol. The number of carboxylic acid groups (broad SMARTS) is 1. The summed E-state index contributed by atoms with van der Waals surface area (Å²) < 4.78 is 0. The van der Waals surface area contributed by atoms with Crippen molar-refractivity contribution in [3.05, 3.63) is 0 Å². The molecule has 0 aromatic heterocycles. The SMILES string of the molecule is O=C(O)CC1CN(C(=O)N2CCCCCC2CO)C1. The zero-order chi connectivity index (χ0) is 13.8. The molecule has 6 nitrogen and oxygen atoms in total. The zero-order valence-corrected chi connectivity index (χ0v) is 11.1. The Labute approximate surface area is 113 Å². The molecule has 0 spiro atoms. The molecule has 2 saturated heterocycles. The van der Waals surface area contributed by atoms with E-state index >= 15 is 0 Å². The van der Waals surface area contributed by atoms with Gasteiger partial charge >= 0.3 is 12.0 Å². The number of hydrogen-bond donors (Lipinski definition) is 2. The van der Waals surface area contributed by atoms with Gasteiger partial charge in [0, 0.05) is 25.6 Å². The molecule has 2 amide bonds. The number of carbonyl (C=O) groups is 2. The van der Waals surface area contributed by atoms with Crippen LogP contribution < -0.4 is 0 Å². The molecule has 2 aliphatic rings. The lowest BCUT2D eigenvalue weighted by Crippen LogP contribution is -2.57. The third kappa shape index (κ3) is 3.37. The highest BCUT2D eigenvalue weighted by molar-refractivity contribution is 5.76. The van der Waals surface area contributed by atoms with Gasteiger partial charge in [0.2, 0.25) is 0 Å². The molecule has 2 heterocycles. The number of amides is 2. The van der Waals surface area contributed by atoms with E-state index in [1.165, 1.54) is 0 Å². The molecule has 0 aromatic carbocycles. The first kappa shape index (κ1) is 14.1. The molecule has 2 fully saturated rings. The van der Waals surface area contributed by atoms with Gasteiger partial charge in [0.05, 0.1) is 19.1 Å². The first-order valence-corrected chi connectivity index (χ1v) is 7.00. The summed E-state index contributed by atoms with van der Waals surface area (Å²) in [4.78, 5) is 26.4. The van der Waals surface area contributed by atoms with Crippen molar-refractivity contribution in [2.24, 2.45) is 5.92 Å². The molecule has 1 atom stereocenters. The van der Waals surface area contributed by atoms with Crippen LogP contribution in [0.25, 0.3) is 0 Å². The van der Waals surface area contributed by atoms with Crippen molar-refractivity contribution < 1.29 is 19.8 Å². The molecule has 2 aliphatic heterocycles. The Morgan fingerprint density at radius 2 is 1.89 bits per heavy atom. The van der Waals surface area contributed by atoms with E-state index in [9.17, 15) is 14.7 Å². The highest BCUT2D eigenvalue weighted by atomic mass is 16.4. The third-order valence-electron chi connectivity index (χ3n) is 4.02. The summed E-state index contributed by atoms with van der Waals surface area (Å²) >= 11 is 0. The molecule has 1 unspecified atom stereocenters. The summed E-state index contributed by atoms with van der Waals surface area (Å²) in [7, 11) is 0. The predicted molar refractivity (Wildman–Crippen MR) is 68.8 cm³/mol. The second kappa shape index (κ2) is 6.23. The Morgan fingerprint density at radius 1 is 1.16 bits per heavy atom. The minimum Gasteiger partial charge on any atom is -0.481 e. The maximum Gasteiger partial charge on any atom is 0.320 e. The lowest BCUT2D eigenvalue weighted by atomic mass is 9.97. The molecule has 2 N–H and O–H groups in total. The topological polar surface area (TPSA) is 81.1 Å². The van der Waals surface area contributed by atoms with Crippen molar-refractivity contribution in [3.8, 4) is 0 Å². The van der Waals surface area contributed by atoms with Gasteiger partial charge in [-0.2, -0.15) is 0 Å². The Balaban J connectivity index is 1.87. The summed E-state index contributed by atoms with van der Waals surface area (Å²) in [6.45, 7) is 1.77. The number of aliphatic hydroxyl groups excluding tert-OH is 1. The molecule has 6 heteroatoms. The van der Waals surface area contributed by atoms with Crippen LogP contribution in [-0.4, -0.2) is 64.3 Å². The minimum atomic E-state index is -0.805. The highest BCUT2D eigenvalue weighted by Gasteiger charge is 2.36. The summed E-state index contributed by atoms with van der Waals surface area (Å²) in [5, 5.41) is 18.1. The van der Waals surface area contributed by atoms with E-state index in [0.717, 1.165) is 25.7 Å². The Bertz CT molecular complexity index is 342. The van der Waals surface area contributed by atoms with Gasteiger partial charge in [-0.25, -0.2) is 4.79 Å². The predicted octanol–water partition coefficient (Wildman–Crippen LogP) is 0.750. The average Bonchev–Trinajstić information content (AvgIpc) is 2.57. The van der Waals surface area contributed by atoms with Crippen LogP contribution in [0.5, 0.6) is 0 Å². The molecule has 0 aliphatic carbocycles. The van der Waals surface area contributed by atoms with Crippen molar-refractivity contribution in [3.63, 3.8) is 0 Å². The van der Waals surface area contributed by atoms with Gasteiger partial charge in [-0.3, -0.25) is 4.79 Å². The number of likely N-dealkylation sites (tertiary alicyclic amines) is 2. The van der Waals surface area contributed by atoms with Gasteiger partial charge < -0.3 is 20.0 Å². The summed E-state index contributed by atoms with van der Waals surface area (Å²) in [6, 6.07) is -0.115.